The van der Waals surface area contributed by atoms with Crippen LogP contribution in [-0.4, -0.2) is 21.0 Å². The largest absolute Gasteiger partial charge is 0.481 e. The molecule has 2 aromatic rings. The summed E-state index contributed by atoms with van der Waals surface area (Å²) in [6, 6.07) is 3.78. The highest BCUT2D eigenvalue weighted by Crippen LogP contribution is 2.19. The van der Waals surface area contributed by atoms with Gasteiger partial charge in [-0.15, -0.1) is 0 Å². The minimum Gasteiger partial charge on any atom is -0.481 e. The molecule has 0 spiro atoms. The number of nitrogens with zero attached hydrogens (tertiary/aromatic N) is 1. The molecular weight excluding hydrogens is 218 g/mol. The first-order valence-electron chi connectivity index (χ1n) is 5.57. The van der Waals surface area contributed by atoms with Crippen molar-refractivity contribution >= 4 is 17.0 Å². The summed E-state index contributed by atoms with van der Waals surface area (Å²) in [7, 11) is 0. The molecule has 0 unspecified atom stereocenters. The van der Waals surface area contributed by atoms with Gasteiger partial charge in [-0.3, -0.25) is 4.79 Å². The summed E-state index contributed by atoms with van der Waals surface area (Å²) in [6.45, 7) is 0. The Labute approximate surface area is 98.7 Å². The molecule has 1 atom stereocenters. The Balaban J connectivity index is 2.02. The van der Waals surface area contributed by atoms with E-state index in [9.17, 15) is 4.79 Å². The number of hydrogen-bond acceptors (Lipinski definition) is 3. The Morgan fingerprint density at radius 3 is 3.18 bits per heavy atom. The number of carboxylic acids is 1. The number of rotatable bonds is 5. The van der Waals surface area contributed by atoms with Gasteiger partial charge in [0, 0.05) is 30.2 Å². The molecule has 0 saturated carbocycles. The van der Waals surface area contributed by atoms with Gasteiger partial charge >= 0.3 is 5.97 Å². The maximum Gasteiger partial charge on any atom is 0.303 e. The second-order valence-electron chi connectivity index (χ2n) is 4.08. The second kappa shape index (κ2) is 4.97. The molecule has 4 N–H and O–H groups in total. The minimum absolute atomic E-state index is 0.152. The van der Waals surface area contributed by atoms with Gasteiger partial charge in [0.05, 0.1) is 0 Å². The molecule has 2 aromatic heterocycles. The van der Waals surface area contributed by atoms with Crippen molar-refractivity contribution in [3.63, 3.8) is 0 Å². The average Bonchev–Trinajstić information content (AvgIpc) is 2.75. The topological polar surface area (TPSA) is 92.0 Å². The molecule has 0 aromatic carbocycles. The maximum absolute atomic E-state index is 10.4. The highest BCUT2D eigenvalue weighted by atomic mass is 16.4. The molecule has 0 saturated heterocycles. The van der Waals surface area contributed by atoms with Gasteiger partial charge in [0.25, 0.3) is 0 Å². The molecule has 0 bridgehead atoms. The number of nitrogens with two attached hydrogens (primary N) is 1. The van der Waals surface area contributed by atoms with Gasteiger partial charge in [-0.2, -0.15) is 0 Å². The molecule has 5 nitrogen and oxygen atoms in total. The quantitative estimate of drug-likeness (QED) is 0.734. The average molecular weight is 233 g/mol. The van der Waals surface area contributed by atoms with Gasteiger partial charge in [0.15, 0.2) is 0 Å². The number of fused-ring (bicyclic) bond motifs is 1. The van der Waals surface area contributed by atoms with E-state index in [1.165, 1.54) is 0 Å². The van der Waals surface area contributed by atoms with E-state index >= 15 is 0 Å². The third-order valence-electron chi connectivity index (χ3n) is 2.76. The smallest absolute Gasteiger partial charge is 0.303 e. The first kappa shape index (κ1) is 11.6. The molecule has 0 amide bonds. The number of H-pyrrole nitrogens is 1. The number of carbonyl (C=O) groups is 1. The summed E-state index contributed by atoms with van der Waals surface area (Å²) < 4.78 is 0. The number of aromatic nitrogens is 2. The summed E-state index contributed by atoms with van der Waals surface area (Å²) in [6.07, 6.45) is 4.97. The molecule has 5 heteroatoms. The highest BCUT2D eigenvalue weighted by Gasteiger charge is 2.08. The van der Waals surface area contributed by atoms with E-state index in [1.54, 1.807) is 6.20 Å². The highest BCUT2D eigenvalue weighted by molar-refractivity contribution is 5.75. The fourth-order valence-electron chi connectivity index (χ4n) is 1.80. The fourth-order valence-corrected chi connectivity index (χ4v) is 1.80. The van der Waals surface area contributed by atoms with Crippen LogP contribution in [0.4, 0.5) is 0 Å². The first-order valence-corrected chi connectivity index (χ1v) is 5.57. The van der Waals surface area contributed by atoms with Crippen molar-refractivity contribution in [1.29, 1.82) is 0 Å². The normalized spacial score (nSPS) is 12.8. The SMILES string of the molecule is N[C@@H](CCCC(=O)O)c1cnc2[nH]ccc2c1. The Morgan fingerprint density at radius 1 is 1.59 bits per heavy atom. The lowest BCUT2D eigenvalue weighted by molar-refractivity contribution is -0.137. The van der Waals surface area contributed by atoms with Crippen LogP contribution in [0.25, 0.3) is 11.0 Å². The van der Waals surface area contributed by atoms with Crippen LogP contribution in [0.15, 0.2) is 24.5 Å². The van der Waals surface area contributed by atoms with Crippen molar-refractivity contribution in [1.82, 2.24) is 9.97 Å². The van der Waals surface area contributed by atoms with Crippen LogP contribution in [0.3, 0.4) is 0 Å². The van der Waals surface area contributed by atoms with Crippen LogP contribution in [-0.2, 0) is 4.79 Å². The first-order chi connectivity index (χ1) is 8.16. The van der Waals surface area contributed by atoms with Gasteiger partial charge in [0.2, 0.25) is 0 Å². The van der Waals surface area contributed by atoms with Crippen LogP contribution in [0.5, 0.6) is 0 Å². The van der Waals surface area contributed by atoms with Crippen LogP contribution >= 0.6 is 0 Å². The zero-order chi connectivity index (χ0) is 12.3. The van der Waals surface area contributed by atoms with Crippen molar-refractivity contribution in [2.45, 2.75) is 25.3 Å². The molecule has 2 heterocycles. The van der Waals surface area contributed by atoms with Crippen molar-refractivity contribution in [3.05, 3.63) is 30.1 Å². The third-order valence-corrected chi connectivity index (χ3v) is 2.76. The van der Waals surface area contributed by atoms with Gasteiger partial charge < -0.3 is 15.8 Å². The van der Waals surface area contributed by atoms with E-state index in [0.29, 0.717) is 12.8 Å². The molecule has 0 aliphatic carbocycles. The Morgan fingerprint density at radius 2 is 2.41 bits per heavy atom. The van der Waals surface area contributed by atoms with E-state index in [-0.39, 0.29) is 12.5 Å². The summed E-state index contributed by atoms with van der Waals surface area (Å²) in [5, 5.41) is 9.58. The van der Waals surface area contributed by atoms with Crippen molar-refractivity contribution in [2.75, 3.05) is 0 Å². The summed E-state index contributed by atoms with van der Waals surface area (Å²) in [4.78, 5) is 17.7. The van der Waals surface area contributed by atoms with Crippen molar-refractivity contribution in [2.24, 2.45) is 5.73 Å². The summed E-state index contributed by atoms with van der Waals surface area (Å²) >= 11 is 0. The van der Waals surface area contributed by atoms with Crippen LogP contribution in [0, 0.1) is 0 Å². The van der Waals surface area contributed by atoms with Crippen molar-refractivity contribution < 1.29 is 9.90 Å². The molecule has 2 rings (SSSR count). The van der Waals surface area contributed by atoms with E-state index in [2.05, 4.69) is 9.97 Å². The van der Waals surface area contributed by atoms with Gasteiger partial charge in [0.1, 0.15) is 5.65 Å². The monoisotopic (exact) mass is 233 g/mol. The molecule has 0 fully saturated rings. The maximum atomic E-state index is 10.4. The standard InChI is InChI=1S/C12H15N3O2/c13-10(2-1-3-11(16)17)9-6-8-4-5-14-12(8)15-7-9/h4-7,10H,1-3,13H2,(H,14,15)(H,16,17)/t10-/m0/s1. The minimum atomic E-state index is -0.781. The predicted molar refractivity (Wildman–Crippen MR) is 64.5 cm³/mol. The van der Waals surface area contributed by atoms with Gasteiger partial charge in [-0.1, -0.05) is 0 Å². The summed E-state index contributed by atoms with van der Waals surface area (Å²) in [5.41, 5.74) is 7.78. The lowest BCUT2D eigenvalue weighted by Crippen LogP contribution is -2.11. The van der Waals surface area contributed by atoms with Crippen LogP contribution in [0.2, 0.25) is 0 Å². The Hall–Kier alpha value is -1.88. The van der Waals surface area contributed by atoms with Crippen LogP contribution < -0.4 is 5.73 Å². The predicted octanol–water partition coefficient (Wildman–Crippen LogP) is 1.82. The number of aliphatic carboxylic acids is 1. The molecule has 0 radical (unpaired) electrons. The number of aromatic amines is 1. The van der Waals surface area contributed by atoms with Gasteiger partial charge in [-0.05, 0) is 30.5 Å². The third kappa shape index (κ3) is 2.82. The lowest BCUT2D eigenvalue weighted by Gasteiger charge is -2.10. The van der Waals surface area contributed by atoms with E-state index in [4.69, 9.17) is 10.8 Å². The Bertz CT molecular complexity index is 521. The molecule has 90 valence electrons. The molecule has 17 heavy (non-hydrogen) atoms. The lowest BCUT2D eigenvalue weighted by atomic mass is 10.0. The zero-order valence-corrected chi connectivity index (χ0v) is 9.39. The molecular formula is C12H15N3O2. The Kier molecular flexibility index (Phi) is 3.39. The molecule has 0 aliphatic heterocycles. The van der Waals surface area contributed by atoms with Crippen molar-refractivity contribution in [3.8, 4) is 0 Å². The van der Waals surface area contributed by atoms with E-state index in [1.807, 2.05) is 18.3 Å². The number of carboxylic acid groups (broad SMARTS) is 1. The fraction of sp³-hybridized carbons (Fsp3) is 0.333. The number of nitrogens with one attached hydrogen (secondary N) is 1. The summed E-state index contributed by atoms with van der Waals surface area (Å²) in [5.74, 6) is -0.781. The van der Waals surface area contributed by atoms with Crippen LogP contribution in [0.1, 0.15) is 30.9 Å². The zero-order valence-electron chi connectivity index (χ0n) is 9.39. The second-order valence-corrected chi connectivity index (χ2v) is 4.08. The molecule has 0 aliphatic rings. The van der Waals surface area contributed by atoms with E-state index < -0.39 is 5.97 Å². The van der Waals surface area contributed by atoms with E-state index in [0.717, 1.165) is 16.6 Å². The van der Waals surface area contributed by atoms with Gasteiger partial charge in [-0.25, -0.2) is 4.98 Å². The number of hydrogen-bond donors (Lipinski definition) is 3. The number of pyridine rings is 1.